The molecule has 0 fully saturated rings. The number of hydrogen-bond acceptors (Lipinski definition) is 2. The van der Waals surface area contributed by atoms with Crippen molar-refractivity contribution in [3.63, 3.8) is 0 Å². The zero-order valence-electron chi connectivity index (χ0n) is 11.0. The van der Waals surface area contributed by atoms with Gasteiger partial charge in [0.15, 0.2) is 0 Å². The Bertz CT molecular complexity index is 520. The van der Waals surface area contributed by atoms with Crippen LogP contribution in [0.15, 0.2) is 24.3 Å². The maximum Gasteiger partial charge on any atom is 0.0652 e. The molecule has 0 aliphatic rings. The predicted molar refractivity (Wildman–Crippen MR) is 74.6 cm³/mol. The van der Waals surface area contributed by atoms with E-state index in [2.05, 4.69) is 48.1 Å². The van der Waals surface area contributed by atoms with Crippen molar-refractivity contribution in [2.45, 2.75) is 26.3 Å². The van der Waals surface area contributed by atoms with Gasteiger partial charge in [-0.25, -0.2) is 0 Å². The monoisotopic (exact) mass is 231 g/mol. The lowest BCUT2D eigenvalue weighted by Crippen LogP contribution is -2.44. The third-order valence-corrected chi connectivity index (χ3v) is 2.89. The van der Waals surface area contributed by atoms with Gasteiger partial charge in [-0.15, -0.1) is 0 Å². The minimum atomic E-state index is -0.195. The van der Waals surface area contributed by atoms with E-state index in [0.29, 0.717) is 0 Å². The minimum Gasteiger partial charge on any atom is -0.371 e. The molecule has 0 saturated carbocycles. The van der Waals surface area contributed by atoms with Gasteiger partial charge in [-0.3, -0.25) is 0 Å². The van der Waals surface area contributed by atoms with Gasteiger partial charge in [0.1, 0.15) is 0 Å². The first-order valence-electron chi connectivity index (χ1n) is 5.96. The van der Waals surface area contributed by atoms with E-state index in [-0.39, 0.29) is 5.54 Å². The molecule has 0 spiro atoms. The Kier molecular flexibility index (Phi) is 2.87. The molecule has 2 aromatic rings. The van der Waals surface area contributed by atoms with E-state index in [1.807, 2.05) is 13.8 Å². The highest BCUT2D eigenvalue weighted by molar-refractivity contribution is 5.94. The number of rotatable bonds is 3. The van der Waals surface area contributed by atoms with Crippen molar-refractivity contribution in [3.8, 4) is 0 Å². The predicted octanol–water partition coefficient (Wildman–Crippen LogP) is 2.65. The molecule has 0 saturated heterocycles. The molecule has 0 aliphatic heterocycles. The van der Waals surface area contributed by atoms with Crippen molar-refractivity contribution in [2.75, 3.05) is 18.5 Å². The molecule has 2 rings (SSSR count). The van der Waals surface area contributed by atoms with Crippen LogP contribution in [0.1, 0.15) is 19.5 Å². The summed E-state index contributed by atoms with van der Waals surface area (Å²) in [5, 5.41) is 1.26. The summed E-state index contributed by atoms with van der Waals surface area (Å²) in [5.74, 6) is 0. The highest BCUT2D eigenvalue weighted by Gasteiger charge is 2.18. The van der Waals surface area contributed by atoms with Crippen LogP contribution in [0, 0.1) is 6.92 Å². The zero-order valence-corrected chi connectivity index (χ0v) is 11.0. The van der Waals surface area contributed by atoms with E-state index in [4.69, 9.17) is 5.73 Å². The number of nitrogens with one attached hydrogen (secondary N) is 1. The van der Waals surface area contributed by atoms with Crippen molar-refractivity contribution >= 4 is 16.6 Å². The first kappa shape index (κ1) is 12.0. The third kappa shape index (κ3) is 2.44. The average molecular weight is 231 g/mol. The Labute approximate surface area is 103 Å². The van der Waals surface area contributed by atoms with E-state index < -0.39 is 0 Å². The quantitative estimate of drug-likeness (QED) is 0.853. The van der Waals surface area contributed by atoms with Gasteiger partial charge in [0.05, 0.1) is 5.69 Å². The second-order valence-corrected chi connectivity index (χ2v) is 5.49. The van der Waals surface area contributed by atoms with E-state index in [1.165, 1.54) is 22.3 Å². The van der Waals surface area contributed by atoms with Crippen LogP contribution in [0.25, 0.3) is 10.9 Å². The first-order chi connectivity index (χ1) is 7.88. The molecule has 17 heavy (non-hydrogen) atoms. The van der Waals surface area contributed by atoms with Crippen molar-refractivity contribution in [1.82, 2.24) is 4.98 Å². The lowest BCUT2D eigenvalue weighted by atomic mass is 10.1. The number of H-pyrrole nitrogens is 1. The molecule has 3 nitrogen and oxygen atoms in total. The van der Waals surface area contributed by atoms with Crippen molar-refractivity contribution < 1.29 is 0 Å². The molecule has 1 aromatic carbocycles. The van der Waals surface area contributed by atoms with Crippen molar-refractivity contribution in [1.29, 1.82) is 0 Å². The van der Waals surface area contributed by atoms with Crippen LogP contribution in [-0.4, -0.2) is 24.1 Å². The number of aromatic nitrogens is 1. The molecule has 92 valence electrons. The van der Waals surface area contributed by atoms with Crippen LogP contribution in [0.2, 0.25) is 0 Å². The lowest BCUT2D eigenvalue weighted by molar-refractivity contribution is 0.519. The van der Waals surface area contributed by atoms with Crippen LogP contribution < -0.4 is 10.6 Å². The van der Waals surface area contributed by atoms with Gasteiger partial charge in [-0.2, -0.15) is 0 Å². The number of benzene rings is 1. The number of para-hydroxylation sites is 1. The fourth-order valence-corrected chi connectivity index (χ4v) is 2.44. The molecule has 0 unspecified atom stereocenters. The maximum absolute atomic E-state index is 6.08. The van der Waals surface area contributed by atoms with E-state index in [1.54, 1.807) is 0 Å². The van der Waals surface area contributed by atoms with Gasteiger partial charge < -0.3 is 15.6 Å². The topological polar surface area (TPSA) is 45.0 Å². The first-order valence-corrected chi connectivity index (χ1v) is 5.96. The average Bonchev–Trinajstić information content (AvgIpc) is 2.50. The Morgan fingerprint density at radius 1 is 1.29 bits per heavy atom. The van der Waals surface area contributed by atoms with Gasteiger partial charge >= 0.3 is 0 Å². The summed E-state index contributed by atoms with van der Waals surface area (Å²) in [7, 11) is 2.09. The number of likely N-dealkylation sites (N-methyl/N-ethyl adjacent to an activating group) is 1. The Morgan fingerprint density at radius 3 is 2.59 bits per heavy atom. The molecule has 3 heteroatoms. The number of nitrogens with zero attached hydrogens (tertiary/aromatic N) is 1. The Morgan fingerprint density at radius 2 is 1.94 bits per heavy atom. The van der Waals surface area contributed by atoms with E-state index in [9.17, 15) is 0 Å². The van der Waals surface area contributed by atoms with E-state index >= 15 is 0 Å². The molecule has 0 atom stereocenters. The number of anilines is 1. The second kappa shape index (κ2) is 4.08. The number of fused-ring (bicyclic) bond motifs is 1. The second-order valence-electron chi connectivity index (χ2n) is 5.49. The standard InChI is InChI=1S/C14H21N3/c1-10-13(17(4)9-14(2,3)15)11-7-5-6-8-12(11)16-10/h5-8,16H,9,15H2,1-4H3. The zero-order chi connectivity index (χ0) is 12.6. The van der Waals surface area contributed by atoms with E-state index in [0.717, 1.165) is 6.54 Å². The summed E-state index contributed by atoms with van der Waals surface area (Å²) in [6.45, 7) is 7.03. The van der Waals surface area contributed by atoms with Crippen LogP contribution in [0.5, 0.6) is 0 Å². The fraction of sp³-hybridized carbons (Fsp3) is 0.429. The summed E-state index contributed by atoms with van der Waals surface area (Å²) in [5.41, 5.74) is 9.51. The van der Waals surface area contributed by atoms with Gasteiger partial charge in [0.2, 0.25) is 0 Å². The minimum absolute atomic E-state index is 0.195. The maximum atomic E-state index is 6.08. The van der Waals surface area contributed by atoms with Gasteiger partial charge in [-0.1, -0.05) is 18.2 Å². The number of nitrogens with two attached hydrogens (primary N) is 1. The highest BCUT2D eigenvalue weighted by Crippen LogP contribution is 2.30. The molecule has 3 N–H and O–H groups in total. The Hall–Kier alpha value is -1.48. The van der Waals surface area contributed by atoms with Crippen LogP contribution in [0.3, 0.4) is 0 Å². The SMILES string of the molecule is Cc1[nH]c2ccccc2c1N(C)CC(C)(C)N. The van der Waals surface area contributed by atoms with Crippen LogP contribution >= 0.6 is 0 Å². The fourth-order valence-electron chi connectivity index (χ4n) is 2.44. The van der Waals surface area contributed by atoms with Crippen LogP contribution in [0.4, 0.5) is 5.69 Å². The molecular formula is C14H21N3. The highest BCUT2D eigenvalue weighted by atomic mass is 15.1. The van der Waals surface area contributed by atoms with Crippen LogP contribution in [-0.2, 0) is 0 Å². The molecule has 1 heterocycles. The van der Waals surface area contributed by atoms with Gasteiger partial charge in [-0.05, 0) is 26.8 Å². The van der Waals surface area contributed by atoms with Gasteiger partial charge in [0.25, 0.3) is 0 Å². The normalized spacial score (nSPS) is 12.1. The third-order valence-electron chi connectivity index (χ3n) is 2.89. The number of aromatic amines is 1. The van der Waals surface area contributed by atoms with Crippen molar-refractivity contribution in [3.05, 3.63) is 30.0 Å². The smallest absolute Gasteiger partial charge is 0.0652 e. The Balaban J connectivity index is 2.44. The summed E-state index contributed by atoms with van der Waals surface area (Å²) in [6, 6.07) is 8.37. The summed E-state index contributed by atoms with van der Waals surface area (Å²) < 4.78 is 0. The molecule has 0 bridgehead atoms. The largest absolute Gasteiger partial charge is 0.371 e. The molecule has 1 aromatic heterocycles. The lowest BCUT2D eigenvalue weighted by Gasteiger charge is -2.28. The summed E-state index contributed by atoms with van der Waals surface area (Å²) in [6.07, 6.45) is 0. The van der Waals surface area contributed by atoms with Gasteiger partial charge in [0, 0.05) is 35.7 Å². The van der Waals surface area contributed by atoms with Crippen molar-refractivity contribution in [2.24, 2.45) is 5.73 Å². The molecular weight excluding hydrogens is 210 g/mol. The molecule has 0 aliphatic carbocycles. The molecule has 0 radical (unpaired) electrons. The molecule has 0 amide bonds. The summed E-state index contributed by atoms with van der Waals surface area (Å²) >= 11 is 0. The number of hydrogen-bond donors (Lipinski definition) is 2. The summed E-state index contributed by atoms with van der Waals surface area (Å²) in [4.78, 5) is 5.64. The number of aryl methyl sites for hydroxylation is 1.